The lowest BCUT2D eigenvalue weighted by Gasteiger charge is -2.32. The molecule has 30 heavy (non-hydrogen) atoms. The number of alkyl halides is 1. The Morgan fingerprint density at radius 3 is 2.90 bits per heavy atom. The van der Waals surface area contributed by atoms with Gasteiger partial charge in [-0.1, -0.05) is 11.6 Å². The topological polar surface area (TPSA) is 83.1 Å². The molecule has 0 bridgehead atoms. The quantitative estimate of drug-likeness (QED) is 0.368. The van der Waals surface area contributed by atoms with Gasteiger partial charge in [0.2, 0.25) is 0 Å². The number of methoxy groups -OCH3 is 1. The van der Waals surface area contributed by atoms with Crippen molar-refractivity contribution >= 4 is 34.8 Å². The minimum absolute atomic E-state index is 0.134. The number of carbonyl (C=O) groups is 1. The van der Waals surface area contributed by atoms with E-state index in [-0.39, 0.29) is 24.4 Å². The largest absolute Gasteiger partial charge is 0.492 e. The van der Waals surface area contributed by atoms with Crippen molar-refractivity contribution in [3.63, 3.8) is 0 Å². The fourth-order valence-electron chi connectivity index (χ4n) is 3.97. The van der Waals surface area contributed by atoms with Gasteiger partial charge >= 0.3 is 0 Å². The van der Waals surface area contributed by atoms with E-state index in [1.807, 2.05) is 0 Å². The number of carbonyl (C=O) groups excluding carboxylic acids is 1. The molecule has 2 aliphatic heterocycles. The van der Waals surface area contributed by atoms with E-state index in [2.05, 4.69) is 15.5 Å². The zero-order valence-corrected chi connectivity index (χ0v) is 18.9. The molecule has 3 rings (SSSR count). The predicted octanol–water partition coefficient (Wildman–Crippen LogP) is 2.52. The summed E-state index contributed by atoms with van der Waals surface area (Å²) < 4.78 is 10.9. The standard InChI is InChI=1S/C21H31Cl2N3O4/c1-29-9-2-6-26-7-3-14(4-8-26)25-21(28)17-11-18(23)19(24-13-15(27)12-22)16-5-10-30-20(16)17/h11,14-15,24,27H,2-10,12-13H2,1H3,(H,25,28). The van der Waals surface area contributed by atoms with E-state index in [4.69, 9.17) is 32.7 Å². The van der Waals surface area contributed by atoms with Crippen molar-refractivity contribution in [3.8, 4) is 5.75 Å². The van der Waals surface area contributed by atoms with Crippen molar-refractivity contribution < 1.29 is 19.4 Å². The second-order valence-corrected chi connectivity index (χ2v) is 8.53. The number of likely N-dealkylation sites (tertiary alicyclic amines) is 1. The van der Waals surface area contributed by atoms with Crippen molar-refractivity contribution in [2.75, 3.05) is 57.7 Å². The monoisotopic (exact) mass is 459 g/mol. The molecule has 1 saturated heterocycles. The number of rotatable bonds is 10. The number of halogens is 2. The number of anilines is 1. The fourth-order valence-corrected chi connectivity index (χ4v) is 4.37. The summed E-state index contributed by atoms with van der Waals surface area (Å²) in [6.07, 6.45) is 2.85. The van der Waals surface area contributed by atoms with Crippen molar-refractivity contribution in [2.24, 2.45) is 0 Å². The van der Waals surface area contributed by atoms with Crippen LogP contribution >= 0.6 is 23.2 Å². The number of piperidine rings is 1. The van der Waals surface area contributed by atoms with Gasteiger partial charge in [-0.2, -0.15) is 0 Å². The van der Waals surface area contributed by atoms with Crippen molar-refractivity contribution in [2.45, 2.75) is 37.8 Å². The number of benzene rings is 1. The van der Waals surface area contributed by atoms with Crippen LogP contribution in [0.3, 0.4) is 0 Å². The molecule has 0 aliphatic carbocycles. The Kier molecular flexibility index (Phi) is 8.89. The zero-order chi connectivity index (χ0) is 21.5. The lowest BCUT2D eigenvalue weighted by molar-refractivity contribution is 0.0904. The first kappa shape index (κ1) is 23.4. The molecular formula is C21H31Cl2N3O4. The highest BCUT2D eigenvalue weighted by Gasteiger charge is 2.28. The van der Waals surface area contributed by atoms with Gasteiger partial charge in [0.1, 0.15) is 5.75 Å². The summed E-state index contributed by atoms with van der Waals surface area (Å²) in [6.45, 7) is 4.52. The first-order chi connectivity index (χ1) is 14.5. The second kappa shape index (κ2) is 11.4. The normalized spacial score (nSPS) is 18.0. The highest BCUT2D eigenvalue weighted by Crippen LogP contribution is 2.40. The van der Waals surface area contributed by atoms with Crippen LogP contribution in [0, 0.1) is 0 Å². The molecule has 1 fully saturated rings. The molecule has 9 heteroatoms. The van der Waals surface area contributed by atoms with E-state index < -0.39 is 6.10 Å². The average molecular weight is 460 g/mol. The van der Waals surface area contributed by atoms with Gasteiger partial charge in [0, 0.05) is 57.9 Å². The van der Waals surface area contributed by atoms with Crippen LogP contribution < -0.4 is 15.4 Å². The smallest absolute Gasteiger partial charge is 0.255 e. The lowest BCUT2D eigenvalue weighted by atomic mass is 10.0. The summed E-state index contributed by atoms with van der Waals surface area (Å²) in [5, 5.41) is 16.5. The lowest BCUT2D eigenvalue weighted by Crippen LogP contribution is -2.45. The maximum atomic E-state index is 13.0. The summed E-state index contributed by atoms with van der Waals surface area (Å²) in [7, 11) is 1.72. The fraction of sp³-hybridized carbons (Fsp3) is 0.667. The van der Waals surface area contributed by atoms with E-state index >= 15 is 0 Å². The van der Waals surface area contributed by atoms with E-state index in [1.54, 1.807) is 13.2 Å². The molecule has 168 valence electrons. The second-order valence-electron chi connectivity index (χ2n) is 7.81. The molecule has 1 aromatic carbocycles. The van der Waals surface area contributed by atoms with Gasteiger partial charge in [0.05, 0.1) is 34.9 Å². The van der Waals surface area contributed by atoms with Crippen LogP contribution in [0.25, 0.3) is 0 Å². The molecule has 0 radical (unpaired) electrons. The Bertz CT molecular complexity index is 727. The minimum atomic E-state index is -0.677. The Morgan fingerprint density at radius 2 is 2.20 bits per heavy atom. The molecule has 0 saturated carbocycles. The molecule has 7 nitrogen and oxygen atoms in total. The maximum absolute atomic E-state index is 13.0. The Morgan fingerprint density at radius 1 is 1.43 bits per heavy atom. The number of fused-ring (bicyclic) bond motifs is 1. The first-order valence-corrected chi connectivity index (χ1v) is 11.4. The summed E-state index contributed by atoms with van der Waals surface area (Å²) in [4.78, 5) is 15.4. The van der Waals surface area contributed by atoms with Crippen LogP contribution in [0.15, 0.2) is 6.07 Å². The van der Waals surface area contributed by atoms with E-state index in [1.165, 1.54) is 0 Å². The number of hydrogen-bond acceptors (Lipinski definition) is 6. The molecule has 1 atom stereocenters. The number of amides is 1. The molecule has 3 N–H and O–H groups in total. The van der Waals surface area contributed by atoms with E-state index in [0.29, 0.717) is 35.1 Å². The van der Waals surface area contributed by atoms with Gasteiger partial charge in [-0.15, -0.1) is 11.6 Å². The molecule has 2 aliphatic rings. The number of ether oxygens (including phenoxy) is 2. The SMILES string of the molecule is COCCCN1CCC(NC(=O)c2cc(Cl)c(NCC(O)CCl)c3c2OCC3)CC1. The van der Waals surface area contributed by atoms with Gasteiger partial charge in [0.25, 0.3) is 5.91 Å². The Hall–Kier alpha value is -1.25. The third-order valence-corrected chi connectivity index (χ3v) is 6.27. The van der Waals surface area contributed by atoms with Crippen molar-refractivity contribution in [3.05, 3.63) is 22.2 Å². The summed E-state index contributed by atoms with van der Waals surface area (Å²) >= 11 is 12.1. The van der Waals surface area contributed by atoms with Crippen LogP contribution in [0.4, 0.5) is 5.69 Å². The van der Waals surface area contributed by atoms with Gasteiger partial charge in [-0.25, -0.2) is 0 Å². The summed E-state index contributed by atoms with van der Waals surface area (Å²) in [5.74, 6) is 0.562. The number of aliphatic hydroxyl groups is 1. The molecule has 1 unspecified atom stereocenters. The van der Waals surface area contributed by atoms with Crippen molar-refractivity contribution in [1.29, 1.82) is 0 Å². The van der Waals surface area contributed by atoms with Crippen LogP contribution in [0.5, 0.6) is 5.75 Å². The minimum Gasteiger partial charge on any atom is -0.492 e. The molecule has 2 heterocycles. The van der Waals surface area contributed by atoms with E-state index in [0.717, 1.165) is 51.1 Å². The summed E-state index contributed by atoms with van der Waals surface area (Å²) in [5.41, 5.74) is 2.05. The van der Waals surface area contributed by atoms with Crippen LogP contribution in [0.1, 0.15) is 35.2 Å². The number of nitrogens with zero attached hydrogens (tertiary/aromatic N) is 1. The number of hydrogen-bond donors (Lipinski definition) is 3. The highest BCUT2D eigenvalue weighted by molar-refractivity contribution is 6.34. The number of nitrogens with one attached hydrogen (secondary N) is 2. The van der Waals surface area contributed by atoms with Crippen molar-refractivity contribution in [1.82, 2.24) is 10.2 Å². The first-order valence-electron chi connectivity index (χ1n) is 10.5. The summed E-state index contributed by atoms with van der Waals surface area (Å²) in [6, 6.07) is 1.79. The zero-order valence-electron chi connectivity index (χ0n) is 17.4. The Labute approximate surface area is 188 Å². The van der Waals surface area contributed by atoms with Crippen LogP contribution in [0.2, 0.25) is 5.02 Å². The maximum Gasteiger partial charge on any atom is 0.255 e. The number of aliphatic hydroxyl groups excluding tert-OH is 1. The third-order valence-electron chi connectivity index (χ3n) is 5.61. The van der Waals surface area contributed by atoms with E-state index in [9.17, 15) is 9.90 Å². The molecule has 0 aromatic heterocycles. The molecular weight excluding hydrogens is 429 g/mol. The average Bonchev–Trinajstić information content (AvgIpc) is 3.23. The highest BCUT2D eigenvalue weighted by atomic mass is 35.5. The van der Waals surface area contributed by atoms with Crippen LogP contribution in [-0.4, -0.2) is 80.4 Å². The molecule has 1 amide bonds. The van der Waals surface area contributed by atoms with Gasteiger partial charge in [0.15, 0.2) is 0 Å². The third kappa shape index (κ3) is 5.92. The Balaban J connectivity index is 1.61. The van der Waals surface area contributed by atoms with Gasteiger partial charge in [-0.3, -0.25) is 4.79 Å². The molecule has 1 aromatic rings. The van der Waals surface area contributed by atoms with Gasteiger partial charge in [-0.05, 0) is 25.3 Å². The molecule has 0 spiro atoms. The van der Waals surface area contributed by atoms with Gasteiger partial charge < -0.3 is 30.1 Å². The van der Waals surface area contributed by atoms with Crippen LogP contribution in [-0.2, 0) is 11.2 Å². The predicted molar refractivity (Wildman–Crippen MR) is 119 cm³/mol.